The molecule has 148 valence electrons. The number of esters is 1. The Morgan fingerprint density at radius 2 is 1.81 bits per heavy atom. The van der Waals surface area contributed by atoms with Crippen molar-refractivity contribution in [2.75, 3.05) is 0 Å². The van der Waals surface area contributed by atoms with Crippen molar-refractivity contribution in [1.29, 1.82) is 0 Å². The van der Waals surface area contributed by atoms with Gasteiger partial charge in [0.1, 0.15) is 5.60 Å². The molecule has 2 bridgehead atoms. The molecule has 0 unspecified atom stereocenters. The first-order chi connectivity index (χ1) is 12.7. The average Bonchev–Trinajstić information content (AvgIpc) is 2.97. The van der Waals surface area contributed by atoms with Crippen LogP contribution in [0.15, 0.2) is 23.3 Å². The van der Waals surface area contributed by atoms with Gasteiger partial charge in [-0.2, -0.15) is 0 Å². The van der Waals surface area contributed by atoms with Crippen LogP contribution in [-0.4, -0.2) is 28.6 Å². The fraction of sp³-hybridized carbons (Fsp3) is 0.739. The van der Waals surface area contributed by atoms with Crippen LogP contribution < -0.4 is 0 Å². The smallest absolute Gasteiger partial charge is 0.347 e. The molecule has 4 atom stereocenters. The number of rotatable bonds is 1. The van der Waals surface area contributed by atoms with E-state index in [-0.39, 0.29) is 17.6 Å². The molecule has 4 aliphatic rings. The fourth-order valence-electron chi connectivity index (χ4n) is 5.62. The van der Waals surface area contributed by atoms with Crippen LogP contribution >= 0.6 is 0 Å². The van der Waals surface area contributed by atoms with E-state index in [0.29, 0.717) is 12.8 Å². The highest BCUT2D eigenvalue weighted by atomic mass is 16.6. The lowest BCUT2D eigenvalue weighted by Gasteiger charge is -2.38. The largest absolute Gasteiger partial charge is 0.457 e. The summed E-state index contributed by atoms with van der Waals surface area (Å²) in [6.45, 7) is 7.60. The zero-order valence-corrected chi connectivity index (χ0v) is 17.1. The van der Waals surface area contributed by atoms with E-state index in [0.717, 1.165) is 12.8 Å². The van der Waals surface area contributed by atoms with Crippen molar-refractivity contribution in [2.24, 2.45) is 11.8 Å². The third-order valence-corrected chi connectivity index (χ3v) is 6.78. The van der Waals surface area contributed by atoms with E-state index in [9.17, 15) is 9.59 Å². The number of allylic oxidation sites excluding steroid dienone is 2. The first-order valence-corrected chi connectivity index (χ1v) is 10.5. The average molecular weight is 373 g/mol. The lowest BCUT2D eigenvalue weighted by Crippen LogP contribution is -2.56. The Labute approximate surface area is 162 Å². The van der Waals surface area contributed by atoms with Crippen LogP contribution in [0.4, 0.5) is 0 Å². The zero-order valence-electron chi connectivity index (χ0n) is 17.1. The van der Waals surface area contributed by atoms with Crippen LogP contribution in [0.2, 0.25) is 0 Å². The molecular formula is C23H32O4. The van der Waals surface area contributed by atoms with E-state index in [2.05, 4.69) is 19.1 Å². The molecule has 2 aliphatic carbocycles. The minimum atomic E-state index is -1.46. The fourth-order valence-corrected chi connectivity index (χ4v) is 5.62. The summed E-state index contributed by atoms with van der Waals surface area (Å²) in [5.41, 5.74) is 0.263. The summed E-state index contributed by atoms with van der Waals surface area (Å²) in [7, 11) is 0. The van der Waals surface area contributed by atoms with Crippen molar-refractivity contribution in [2.45, 2.75) is 95.9 Å². The van der Waals surface area contributed by atoms with Crippen molar-refractivity contribution in [3.8, 4) is 0 Å². The van der Waals surface area contributed by atoms with Gasteiger partial charge in [0.15, 0.2) is 5.78 Å². The van der Waals surface area contributed by atoms with E-state index in [4.69, 9.17) is 9.47 Å². The molecule has 4 heteroatoms. The van der Waals surface area contributed by atoms with Gasteiger partial charge in [0.2, 0.25) is 5.60 Å². The second-order valence-electron chi connectivity index (χ2n) is 9.91. The van der Waals surface area contributed by atoms with Crippen LogP contribution in [0, 0.1) is 11.8 Å². The molecule has 4 rings (SSSR count). The molecule has 4 nitrogen and oxygen atoms in total. The summed E-state index contributed by atoms with van der Waals surface area (Å²) in [4.78, 5) is 26.3. The number of carbonyl (C=O) groups excluding carboxylic acids is 2. The Bertz CT molecular complexity index is 715. The van der Waals surface area contributed by atoms with Crippen LogP contribution in [-0.2, 0) is 19.1 Å². The van der Waals surface area contributed by atoms with Crippen LogP contribution in [0.25, 0.3) is 0 Å². The molecule has 0 aromatic heterocycles. The predicted molar refractivity (Wildman–Crippen MR) is 103 cm³/mol. The van der Waals surface area contributed by atoms with Gasteiger partial charge < -0.3 is 9.47 Å². The Balaban J connectivity index is 1.76. The minimum absolute atomic E-state index is 0.0876. The highest BCUT2D eigenvalue weighted by molar-refractivity contribution is 6.09. The molecule has 0 N–H and O–H groups in total. The van der Waals surface area contributed by atoms with Crippen molar-refractivity contribution in [3.63, 3.8) is 0 Å². The third-order valence-electron chi connectivity index (χ3n) is 6.78. The van der Waals surface area contributed by atoms with Gasteiger partial charge in [0.05, 0.1) is 5.60 Å². The number of Topliss-reactive ketones (excluding diaryl/α,β-unsaturated/α-hetero) is 1. The summed E-state index contributed by atoms with van der Waals surface area (Å²) >= 11 is 0. The molecule has 3 fully saturated rings. The summed E-state index contributed by atoms with van der Waals surface area (Å²) in [6.07, 6.45) is 12.6. The SMILES string of the molecule is CC(C)(C)OC(=O)[C@]12O[C@](C)(CCC1=O)[C@H]1C(=C3CCCCCC3)C=C[C@H]12. The Hall–Kier alpha value is -1.42. The first kappa shape index (κ1) is 18.9. The molecule has 0 amide bonds. The van der Waals surface area contributed by atoms with Crippen molar-refractivity contribution in [1.82, 2.24) is 0 Å². The number of ketones is 1. The van der Waals surface area contributed by atoms with Crippen molar-refractivity contribution < 1.29 is 19.1 Å². The van der Waals surface area contributed by atoms with Crippen LogP contribution in [0.3, 0.4) is 0 Å². The molecule has 0 radical (unpaired) electrons. The highest BCUT2D eigenvalue weighted by Gasteiger charge is 2.71. The molecule has 0 aromatic carbocycles. The van der Waals surface area contributed by atoms with Crippen molar-refractivity contribution >= 4 is 11.8 Å². The first-order valence-electron chi connectivity index (χ1n) is 10.5. The summed E-state index contributed by atoms with van der Waals surface area (Å²) in [5, 5.41) is 0. The molecule has 27 heavy (non-hydrogen) atoms. The minimum Gasteiger partial charge on any atom is -0.457 e. The standard InChI is InChI=1S/C23H32O4/c1-21(2,3)26-20(25)23-17-12-11-16(15-9-7-5-6-8-10-15)19(17)22(4,27-23)14-13-18(23)24/h11-12,17,19H,5-10,13-14H2,1-4H3/t17-,19+,22-,23-/m1/s1. The van der Waals surface area contributed by atoms with Crippen LogP contribution in [0.1, 0.15) is 79.1 Å². The van der Waals surface area contributed by atoms with Gasteiger partial charge in [-0.15, -0.1) is 0 Å². The Morgan fingerprint density at radius 3 is 2.44 bits per heavy atom. The quantitative estimate of drug-likeness (QED) is 0.381. The molecule has 0 aromatic rings. The van der Waals surface area contributed by atoms with Gasteiger partial charge in [-0.1, -0.05) is 30.6 Å². The predicted octanol–water partition coefficient (Wildman–Crippen LogP) is 4.67. The zero-order chi connectivity index (χ0) is 19.4. The Morgan fingerprint density at radius 1 is 1.15 bits per heavy atom. The molecule has 0 spiro atoms. The van der Waals surface area contributed by atoms with E-state index >= 15 is 0 Å². The van der Waals surface area contributed by atoms with Gasteiger partial charge in [-0.25, -0.2) is 4.79 Å². The van der Waals surface area contributed by atoms with E-state index in [1.165, 1.54) is 36.8 Å². The highest BCUT2D eigenvalue weighted by Crippen LogP contribution is 2.60. The maximum Gasteiger partial charge on any atom is 0.347 e. The van der Waals surface area contributed by atoms with E-state index in [1.54, 1.807) is 0 Å². The van der Waals surface area contributed by atoms with Gasteiger partial charge in [-0.05, 0) is 65.4 Å². The number of hydrogen-bond donors (Lipinski definition) is 0. The van der Waals surface area contributed by atoms with E-state index in [1.807, 2.05) is 20.8 Å². The Kier molecular flexibility index (Phi) is 4.41. The van der Waals surface area contributed by atoms with Gasteiger partial charge in [0, 0.05) is 18.3 Å². The lowest BCUT2D eigenvalue weighted by atomic mass is 9.75. The van der Waals surface area contributed by atoms with Gasteiger partial charge in [0.25, 0.3) is 0 Å². The van der Waals surface area contributed by atoms with Crippen LogP contribution in [0.5, 0.6) is 0 Å². The third kappa shape index (κ3) is 2.91. The maximum atomic E-state index is 13.2. The molecule has 1 saturated carbocycles. The van der Waals surface area contributed by atoms with Gasteiger partial charge in [-0.3, -0.25) is 4.79 Å². The second-order valence-corrected chi connectivity index (χ2v) is 9.91. The number of carbonyl (C=O) groups is 2. The summed E-state index contributed by atoms with van der Waals surface area (Å²) < 4.78 is 12.1. The topological polar surface area (TPSA) is 52.6 Å². The molecular weight excluding hydrogens is 340 g/mol. The summed E-state index contributed by atoms with van der Waals surface area (Å²) in [6, 6.07) is 0. The second kappa shape index (κ2) is 6.30. The van der Waals surface area contributed by atoms with E-state index < -0.39 is 22.8 Å². The number of fused-ring (bicyclic) bond motifs is 5. The number of hydrogen-bond acceptors (Lipinski definition) is 4. The maximum absolute atomic E-state index is 13.2. The number of ether oxygens (including phenoxy) is 2. The molecule has 2 heterocycles. The molecule has 2 aliphatic heterocycles. The van der Waals surface area contributed by atoms with Crippen molar-refractivity contribution in [3.05, 3.63) is 23.3 Å². The lowest BCUT2D eigenvalue weighted by molar-refractivity contribution is -0.201. The molecule has 2 saturated heterocycles. The monoisotopic (exact) mass is 372 g/mol. The summed E-state index contributed by atoms with van der Waals surface area (Å²) in [5.74, 6) is -0.767. The van der Waals surface area contributed by atoms with Gasteiger partial charge >= 0.3 is 5.97 Å². The normalized spacial score (nSPS) is 38.7.